The van der Waals surface area contributed by atoms with Gasteiger partial charge < -0.3 is 10.2 Å². The molecule has 0 heterocycles. The zero-order chi connectivity index (χ0) is 9.14. The summed E-state index contributed by atoms with van der Waals surface area (Å²) in [7, 11) is 0. The van der Waals surface area contributed by atoms with Crippen molar-refractivity contribution in [1.82, 2.24) is 0 Å². The molecule has 0 saturated carbocycles. The zero-order valence-corrected chi connectivity index (χ0v) is 7.83. The summed E-state index contributed by atoms with van der Waals surface area (Å²) in [5.41, 5.74) is 0.830. The molecule has 70 valence electrons. The van der Waals surface area contributed by atoms with E-state index in [4.69, 9.17) is 0 Å². The molecular weight excluding hydrogens is 152 g/mol. The molecule has 12 heavy (non-hydrogen) atoms. The van der Waals surface area contributed by atoms with Gasteiger partial charge in [-0.05, 0) is 30.8 Å². The first-order chi connectivity index (χ1) is 5.63. The molecule has 0 unspecified atom stereocenters. The van der Waals surface area contributed by atoms with Crippen molar-refractivity contribution >= 4 is 0 Å². The fourth-order valence-electron chi connectivity index (χ4n) is 1.59. The summed E-state index contributed by atoms with van der Waals surface area (Å²) in [6, 6.07) is 0. The van der Waals surface area contributed by atoms with Crippen molar-refractivity contribution in [3.8, 4) is 0 Å². The Bertz CT molecular complexity index is 173. The molecule has 1 aliphatic carbocycles. The molecule has 0 aromatic carbocycles. The molecule has 0 aromatic heterocycles. The van der Waals surface area contributed by atoms with Crippen molar-refractivity contribution in [3.63, 3.8) is 0 Å². The largest absolute Gasteiger partial charge is 0.389 e. The highest BCUT2D eigenvalue weighted by Crippen LogP contribution is 2.24. The molecular formula is C10H18O2. The number of hydrogen-bond acceptors (Lipinski definition) is 2. The SMILES string of the molecule is CC(C)[C@H](O)C1=CCCC[C@H]1O. The van der Waals surface area contributed by atoms with Gasteiger partial charge in [-0.25, -0.2) is 0 Å². The fraction of sp³-hybridized carbons (Fsp3) is 0.800. The molecule has 0 bridgehead atoms. The van der Waals surface area contributed by atoms with Gasteiger partial charge in [-0.15, -0.1) is 0 Å². The minimum Gasteiger partial charge on any atom is -0.389 e. The summed E-state index contributed by atoms with van der Waals surface area (Å²) in [4.78, 5) is 0. The van der Waals surface area contributed by atoms with Gasteiger partial charge in [0.05, 0.1) is 12.2 Å². The van der Waals surface area contributed by atoms with Crippen LogP contribution in [-0.4, -0.2) is 22.4 Å². The van der Waals surface area contributed by atoms with Crippen LogP contribution in [0.1, 0.15) is 33.1 Å². The molecule has 2 heteroatoms. The van der Waals surface area contributed by atoms with Gasteiger partial charge in [0.25, 0.3) is 0 Å². The van der Waals surface area contributed by atoms with Crippen molar-refractivity contribution in [2.24, 2.45) is 5.92 Å². The van der Waals surface area contributed by atoms with Crippen LogP contribution >= 0.6 is 0 Å². The van der Waals surface area contributed by atoms with Gasteiger partial charge in [-0.3, -0.25) is 0 Å². The molecule has 0 spiro atoms. The lowest BCUT2D eigenvalue weighted by molar-refractivity contribution is 0.104. The summed E-state index contributed by atoms with van der Waals surface area (Å²) in [6.07, 6.45) is 3.96. The first-order valence-electron chi connectivity index (χ1n) is 4.69. The maximum Gasteiger partial charge on any atom is 0.0797 e. The van der Waals surface area contributed by atoms with Gasteiger partial charge in [-0.1, -0.05) is 19.9 Å². The second-order valence-corrected chi connectivity index (χ2v) is 3.84. The van der Waals surface area contributed by atoms with E-state index in [2.05, 4.69) is 0 Å². The Balaban J connectivity index is 2.65. The van der Waals surface area contributed by atoms with Gasteiger partial charge in [0, 0.05) is 0 Å². The molecule has 2 atom stereocenters. The Kier molecular flexibility index (Phi) is 3.29. The van der Waals surface area contributed by atoms with Gasteiger partial charge in [0.15, 0.2) is 0 Å². The topological polar surface area (TPSA) is 40.5 Å². The quantitative estimate of drug-likeness (QED) is 0.616. The lowest BCUT2D eigenvalue weighted by Crippen LogP contribution is -2.28. The average molecular weight is 170 g/mol. The van der Waals surface area contributed by atoms with Gasteiger partial charge in [0.2, 0.25) is 0 Å². The average Bonchev–Trinajstić information content (AvgIpc) is 2.04. The molecule has 0 aromatic rings. The zero-order valence-electron chi connectivity index (χ0n) is 7.83. The van der Waals surface area contributed by atoms with Crippen LogP contribution in [-0.2, 0) is 0 Å². The lowest BCUT2D eigenvalue weighted by Gasteiger charge is -2.25. The third-order valence-electron chi connectivity index (χ3n) is 2.42. The van der Waals surface area contributed by atoms with Crippen molar-refractivity contribution in [1.29, 1.82) is 0 Å². The second kappa shape index (κ2) is 4.06. The molecule has 2 N–H and O–H groups in total. The highest BCUT2D eigenvalue weighted by atomic mass is 16.3. The van der Waals surface area contributed by atoms with Crippen LogP contribution in [0.5, 0.6) is 0 Å². The highest BCUT2D eigenvalue weighted by molar-refractivity contribution is 5.16. The molecule has 0 fully saturated rings. The van der Waals surface area contributed by atoms with Crippen LogP contribution in [0.2, 0.25) is 0 Å². The van der Waals surface area contributed by atoms with Crippen LogP contribution in [0.4, 0.5) is 0 Å². The lowest BCUT2D eigenvalue weighted by atomic mass is 9.88. The second-order valence-electron chi connectivity index (χ2n) is 3.84. The molecule has 1 rings (SSSR count). The highest BCUT2D eigenvalue weighted by Gasteiger charge is 2.23. The van der Waals surface area contributed by atoms with E-state index in [1.54, 1.807) is 0 Å². The van der Waals surface area contributed by atoms with E-state index in [-0.39, 0.29) is 5.92 Å². The van der Waals surface area contributed by atoms with Gasteiger partial charge in [0.1, 0.15) is 0 Å². The van der Waals surface area contributed by atoms with E-state index in [1.807, 2.05) is 19.9 Å². The van der Waals surface area contributed by atoms with E-state index in [9.17, 15) is 10.2 Å². The van der Waals surface area contributed by atoms with Crippen LogP contribution in [0, 0.1) is 5.92 Å². The number of aliphatic hydroxyl groups is 2. The van der Waals surface area contributed by atoms with E-state index in [0.717, 1.165) is 24.8 Å². The number of hydrogen-bond donors (Lipinski definition) is 2. The van der Waals surface area contributed by atoms with Crippen molar-refractivity contribution < 1.29 is 10.2 Å². The van der Waals surface area contributed by atoms with Crippen molar-refractivity contribution in [2.45, 2.75) is 45.3 Å². The first-order valence-corrected chi connectivity index (χ1v) is 4.69. The van der Waals surface area contributed by atoms with Crippen molar-refractivity contribution in [3.05, 3.63) is 11.6 Å². The number of allylic oxidation sites excluding steroid dienone is 1. The summed E-state index contributed by atoms with van der Waals surface area (Å²) in [6.45, 7) is 3.93. The monoisotopic (exact) mass is 170 g/mol. The predicted octanol–water partition coefficient (Wildman–Crippen LogP) is 1.47. The van der Waals surface area contributed by atoms with E-state index < -0.39 is 12.2 Å². The molecule has 0 amide bonds. The van der Waals surface area contributed by atoms with Crippen molar-refractivity contribution in [2.75, 3.05) is 0 Å². The Hall–Kier alpha value is -0.340. The van der Waals surface area contributed by atoms with Crippen LogP contribution in [0.3, 0.4) is 0 Å². The van der Waals surface area contributed by atoms with Crippen LogP contribution < -0.4 is 0 Å². The summed E-state index contributed by atoms with van der Waals surface area (Å²) < 4.78 is 0. The standard InChI is InChI=1S/C10H18O2/c1-7(2)10(12)8-5-3-4-6-9(8)11/h5,7,9-12H,3-4,6H2,1-2H3/t9-,10+/m1/s1. The van der Waals surface area contributed by atoms with E-state index >= 15 is 0 Å². The summed E-state index contributed by atoms with van der Waals surface area (Å²) in [5.74, 6) is 0.198. The van der Waals surface area contributed by atoms with Crippen LogP contribution in [0.25, 0.3) is 0 Å². The minimum absolute atomic E-state index is 0.198. The van der Waals surface area contributed by atoms with Gasteiger partial charge >= 0.3 is 0 Å². The summed E-state index contributed by atoms with van der Waals surface area (Å²) >= 11 is 0. The smallest absolute Gasteiger partial charge is 0.0797 e. The minimum atomic E-state index is -0.458. The molecule has 0 saturated heterocycles. The number of aliphatic hydroxyl groups excluding tert-OH is 2. The summed E-state index contributed by atoms with van der Waals surface area (Å²) in [5, 5.41) is 19.3. The van der Waals surface area contributed by atoms with Gasteiger partial charge in [-0.2, -0.15) is 0 Å². The Morgan fingerprint density at radius 3 is 2.67 bits per heavy atom. The molecule has 2 nitrogen and oxygen atoms in total. The Morgan fingerprint density at radius 1 is 1.50 bits per heavy atom. The predicted molar refractivity (Wildman–Crippen MR) is 48.8 cm³/mol. The van der Waals surface area contributed by atoms with E-state index in [1.165, 1.54) is 0 Å². The number of rotatable bonds is 2. The molecule has 0 radical (unpaired) electrons. The van der Waals surface area contributed by atoms with E-state index in [0.29, 0.717) is 0 Å². The van der Waals surface area contributed by atoms with Crippen LogP contribution in [0.15, 0.2) is 11.6 Å². The third kappa shape index (κ3) is 2.08. The maximum atomic E-state index is 9.69. The first kappa shape index (κ1) is 9.75. The molecule has 1 aliphatic rings. The fourth-order valence-corrected chi connectivity index (χ4v) is 1.59. The Labute approximate surface area is 73.9 Å². The Morgan fingerprint density at radius 2 is 2.17 bits per heavy atom. The maximum absolute atomic E-state index is 9.69. The molecule has 0 aliphatic heterocycles. The normalized spacial score (nSPS) is 27.1. The third-order valence-corrected chi connectivity index (χ3v) is 2.42.